The summed E-state index contributed by atoms with van der Waals surface area (Å²) in [6.07, 6.45) is 0. The lowest BCUT2D eigenvalue weighted by Crippen LogP contribution is -2.11. The topological polar surface area (TPSA) is 34.4 Å². The molecule has 0 radical (unpaired) electrons. The fourth-order valence-corrected chi connectivity index (χ4v) is 3.43. The Kier molecular flexibility index (Phi) is 2.19. The van der Waals surface area contributed by atoms with E-state index in [4.69, 9.17) is 11.6 Å². The van der Waals surface area contributed by atoms with E-state index in [0.717, 1.165) is 15.7 Å². The Balaban J connectivity index is 2.35. The molecule has 0 saturated carbocycles. The van der Waals surface area contributed by atoms with Gasteiger partial charge in [0.1, 0.15) is 0 Å². The van der Waals surface area contributed by atoms with Crippen molar-refractivity contribution in [3.63, 3.8) is 0 Å². The second kappa shape index (κ2) is 3.79. The first kappa shape index (κ1) is 11.0. The molecular formula is C14H7ClN2OS. The predicted octanol–water partition coefficient (Wildman–Crippen LogP) is 3.72. The summed E-state index contributed by atoms with van der Waals surface area (Å²) in [6.45, 7) is 0. The highest BCUT2D eigenvalue weighted by atomic mass is 35.5. The first-order chi connectivity index (χ1) is 9.24. The summed E-state index contributed by atoms with van der Waals surface area (Å²) in [6, 6.07) is 13.0. The molecule has 0 saturated heterocycles. The smallest absolute Gasteiger partial charge is 0.266 e. The van der Waals surface area contributed by atoms with Crippen LogP contribution in [0.15, 0.2) is 47.3 Å². The summed E-state index contributed by atoms with van der Waals surface area (Å²) in [5.41, 5.74) is 1.50. The van der Waals surface area contributed by atoms with Gasteiger partial charge in [-0.25, -0.2) is 9.38 Å². The van der Waals surface area contributed by atoms with Gasteiger partial charge in [0.2, 0.25) is 0 Å². The van der Waals surface area contributed by atoms with Gasteiger partial charge in [-0.05, 0) is 30.3 Å². The Labute approximate surface area is 116 Å². The van der Waals surface area contributed by atoms with Crippen LogP contribution in [-0.4, -0.2) is 9.38 Å². The second-order valence-electron chi connectivity index (χ2n) is 4.27. The molecule has 19 heavy (non-hydrogen) atoms. The van der Waals surface area contributed by atoms with Crippen LogP contribution < -0.4 is 5.56 Å². The number of halogens is 1. The normalized spacial score (nSPS) is 11.6. The highest BCUT2D eigenvalue weighted by Gasteiger charge is 2.11. The van der Waals surface area contributed by atoms with Crippen molar-refractivity contribution >= 4 is 49.0 Å². The average Bonchev–Trinajstić information content (AvgIpc) is 2.76. The minimum atomic E-state index is -0.0471. The molecule has 0 fully saturated rings. The molecule has 2 heterocycles. The first-order valence-corrected chi connectivity index (χ1v) is 6.93. The number of fused-ring (bicyclic) bond motifs is 4. The van der Waals surface area contributed by atoms with Crippen molar-refractivity contribution in [1.29, 1.82) is 0 Å². The summed E-state index contributed by atoms with van der Waals surface area (Å²) in [4.78, 5) is 17.7. The lowest BCUT2D eigenvalue weighted by Gasteiger charge is -1.98. The number of rotatable bonds is 0. The minimum Gasteiger partial charge on any atom is -0.268 e. The van der Waals surface area contributed by atoms with E-state index in [2.05, 4.69) is 4.98 Å². The SMILES string of the molecule is O=c1c2ccccc2sc2nc3ccc(Cl)cc3n12. The molecule has 0 spiro atoms. The van der Waals surface area contributed by atoms with Gasteiger partial charge in [0.15, 0.2) is 4.96 Å². The maximum atomic E-state index is 12.6. The molecule has 3 nitrogen and oxygen atoms in total. The second-order valence-corrected chi connectivity index (χ2v) is 5.71. The quantitative estimate of drug-likeness (QED) is 0.494. The Morgan fingerprint density at radius 2 is 2.00 bits per heavy atom. The molecule has 0 atom stereocenters. The summed E-state index contributed by atoms with van der Waals surface area (Å²) < 4.78 is 2.58. The zero-order chi connectivity index (χ0) is 13.0. The molecule has 0 N–H and O–H groups in total. The number of hydrogen-bond acceptors (Lipinski definition) is 3. The van der Waals surface area contributed by atoms with Crippen LogP contribution in [0.4, 0.5) is 0 Å². The first-order valence-electron chi connectivity index (χ1n) is 5.73. The average molecular weight is 287 g/mol. The van der Waals surface area contributed by atoms with Gasteiger partial charge >= 0.3 is 0 Å². The third-order valence-corrected chi connectivity index (χ3v) is 4.37. The van der Waals surface area contributed by atoms with Crippen LogP contribution in [0.5, 0.6) is 0 Å². The van der Waals surface area contributed by atoms with Crippen molar-refractivity contribution in [1.82, 2.24) is 9.38 Å². The van der Waals surface area contributed by atoms with Gasteiger partial charge in [-0.2, -0.15) is 0 Å². The van der Waals surface area contributed by atoms with Gasteiger partial charge < -0.3 is 0 Å². The molecule has 92 valence electrons. The molecule has 0 bridgehead atoms. The standard InChI is InChI=1S/C14H7ClN2OS/c15-8-5-6-10-11(7-8)17-13(18)9-3-1-2-4-12(9)19-14(17)16-10/h1-7H. The Hall–Kier alpha value is -1.91. The molecule has 0 unspecified atom stereocenters. The van der Waals surface area contributed by atoms with Gasteiger partial charge in [-0.3, -0.25) is 4.79 Å². The van der Waals surface area contributed by atoms with E-state index >= 15 is 0 Å². The zero-order valence-electron chi connectivity index (χ0n) is 9.63. The minimum absolute atomic E-state index is 0.0471. The maximum Gasteiger partial charge on any atom is 0.266 e. The van der Waals surface area contributed by atoms with Crippen molar-refractivity contribution in [2.75, 3.05) is 0 Å². The van der Waals surface area contributed by atoms with E-state index in [1.165, 1.54) is 11.3 Å². The Bertz CT molecular complexity index is 1000. The molecule has 0 aliphatic rings. The number of hydrogen-bond donors (Lipinski definition) is 0. The molecule has 2 aromatic carbocycles. The van der Waals surface area contributed by atoms with Gasteiger partial charge in [-0.15, -0.1) is 0 Å². The van der Waals surface area contributed by atoms with Crippen molar-refractivity contribution < 1.29 is 0 Å². The Morgan fingerprint density at radius 1 is 1.16 bits per heavy atom. The van der Waals surface area contributed by atoms with Crippen LogP contribution in [0.25, 0.3) is 26.1 Å². The number of benzene rings is 2. The summed E-state index contributed by atoms with van der Waals surface area (Å²) in [5.74, 6) is 0. The van der Waals surface area contributed by atoms with Gasteiger partial charge in [-0.1, -0.05) is 35.1 Å². The van der Waals surface area contributed by atoms with E-state index < -0.39 is 0 Å². The highest BCUT2D eigenvalue weighted by Crippen LogP contribution is 2.25. The number of aromatic nitrogens is 2. The highest BCUT2D eigenvalue weighted by molar-refractivity contribution is 7.23. The molecule has 2 aromatic heterocycles. The molecule has 0 aliphatic heterocycles. The van der Waals surface area contributed by atoms with Crippen molar-refractivity contribution in [3.8, 4) is 0 Å². The number of nitrogens with zero attached hydrogens (tertiary/aromatic N) is 2. The molecule has 4 aromatic rings. The van der Waals surface area contributed by atoms with Crippen molar-refractivity contribution in [3.05, 3.63) is 57.8 Å². The van der Waals surface area contributed by atoms with Crippen LogP contribution >= 0.6 is 22.9 Å². The third-order valence-electron chi connectivity index (χ3n) is 3.11. The van der Waals surface area contributed by atoms with Gasteiger partial charge in [0, 0.05) is 9.72 Å². The zero-order valence-corrected chi connectivity index (χ0v) is 11.2. The van der Waals surface area contributed by atoms with Crippen LogP contribution in [0, 0.1) is 0 Å². The summed E-state index contributed by atoms with van der Waals surface area (Å²) in [5, 5.41) is 1.31. The lowest BCUT2D eigenvalue weighted by atomic mass is 10.3. The number of imidazole rings is 1. The summed E-state index contributed by atoms with van der Waals surface area (Å²) in [7, 11) is 0. The third kappa shape index (κ3) is 1.50. The van der Waals surface area contributed by atoms with Gasteiger partial charge in [0.05, 0.1) is 16.4 Å². The fraction of sp³-hybridized carbons (Fsp3) is 0. The molecule has 0 aliphatic carbocycles. The van der Waals surface area contributed by atoms with E-state index in [-0.39, 0.29) is 5.56 Å². The van der Waals surface area contributed by atoms with E-state index in [0.29, 0.717) is 15.4 Å². The van der Waals surface area contributed by atoms with E-state index in [1.807, 2.05) is 30.3 Å². The van der Waals surface area contributed by atoms with Gasteiger partial charge in [0.25, 0.3) is 5.56 Å². The predicted molar refractivity (Wildman–Crippen MR) is 79.4 cm³/mol. The van der Waals surface area contributed by atoms with Crippen LogP contribution in [0.1, 0.15) is 0 Å². The summed E-state index contributed by atoms with van der Waals surface area (Å²) >= 11 is 7.51. The van der Waals surface area contributed by atoms with Crippen LogP contribution in [0.2, 0.25) is 5.02 Å². The maximum absolute atomic E-state index is 12.6. The van der Waals surface area contributed by atoms with Crippen molar-refractivity contribution in [2.24, 2.45) is 0 Å². The lowest BCUT2D eigenvalue weighted by molar-refractivity contribution is 1.20. The molecule has 0 amide bonds. The fourth-order valence-electron chi connectivity index (χ4n) is 2.24. The largest absolute Gasteiger partial charge is 0.268 e. The molecule has 5 heteroatoms. The molecule has 4 rings (SSSR count). The van der Waals surface area contributed by atoms with Crippen LogP contribution in [-0.2, 0) is 0 Å². The van der Waals surface area contributed by atoms with E-state index in [9.17, 15) is 4.79 Å². The monoisotopic (exact) mass is 286 g/mol. The molecular weight excluding hydrogens is 280 g/mol. The van der Waals surface area contributed by atoms with Crippen LogP contribution in [0.3, 0.4) is 0 Å². The van der Waals surface area contributed by atoms with E-state index in [1.54, 1.807) is 16.5 Å². The Morgan fingerprint density at radius 3 is 2.89 bits per heavy atom. The van der Waals surface area contributed by atoms with Crippen molar-refractivity contribution in [2.45, 2.75) is 0 Å².